The Morgan fingerprint density at radius 1 is 1.00 bits per heavy atom. The molecule has 0 aliphatic carbocycles. The number of methoxy groups -OCH3 is 2. The largest absolute Gasteiger partial charge is 0.497 e. The third-order valence-electron chi connectivity index (χ3n) is 9.94. The van der Waals surface area contributed by atoms with E-state index in [9.17, 15) is 19.1 Å². The van der Waals surface area contributed by atoms with Crippen LogP contribution in [0.25, 0.3) is 0 Å². The van der Waals surface area contributed by atoms with Crippen LogP contribution in [0, 0.1) is 24.6 Å². The minimum absolute atomic E-state index is 0.0154. The molecule has 2 aromatic carbocycles. The number of hydrogen-bond donors (Lipinski definition) is 1. The highest BCUT2D eigenvalue weighted by Gasteiger charge is 2.45. The summed E-state index contributed by atoms with van der Waals surface area (Å²) in [5.41, 5.74) is 2.85. The number of ether oxygens (including phenoxy) is 2. The van der Waals surface area contributed by atoms with Crippen molar-refractivity contribution >= 4 is 23.4 Å². The van der Waals surface area contributed by atoms with Crippen LogP contribution < -0.4 is 14.5 Å². The van der Waals surface area contributed by atoms with E-state index < -0.39 is 5.97 Å². The zero-order valence-electron chi connectivity index (χ0n) is 26.6. The minimum atomic E-state index is -0.778. The van der Waals surface area contributed by atoms with Crippen LogP contribution in [0.4, 0.5) is 15.9 Å². The molecule has 0 saturated carbocycles. The molecular weight excluding hydrogens is 589 g/mol. The number of carbonyl (C=O) groups excluding carboxylic acids is 1. The zero-order valence-corrected chi connectivity index (χ0v) is 26.6. The topological polar surface area (TPSA) is 108 Å². The number of likely N-dealkylation sites (tertiary alicyclic amines) is 1. The molecule has 3 aliphatic rings. The van der Waals surface area contributed by atoms with E-state index >= 15 is 0 Å². The number of anilines is 2. The third-order valence-corrected chi connectivity index (χ3v) is 9.94. The summed E-state index contributed by atoms with van der Waals surface area (Å²) < 4.78 is 25.7. The monoisotopic (exact) mass is 631 g/mol. The first-order chi connectivity index (χ1) is 22.2. The fourth-order valence-electron chi connectivity index (χ4n) is 7.53. The van der Waals surface area contributed by atoms with Gasteiger partial charge in [0, 0.05) is 63.6 Å². The van der Waals surface area contributed by atoms with Gasteiger partial charge >= 0.3 is 5.97 Å². The van der Waals surface area contributed by atoms with Crippen LogP contribution in [-0.2, 0) is 14.3 Å². The SMILES string of the molecule is COC[C@@H]1C[C@@H](c2ccc(F)cc2N2CCC(C(=O)O)CC2)CN1C(=O)[C@@H]1CN(c2ccnc(C)n2)C[C@H]1c1ccc(OC)cc1. The minimum Gasteiger partial charge on any atom is -0.497 e. The van der Waals surface area contributed by atoms with E-state index in [2.05, 4.69) is 19.8 Å². The molecular formula is C35H42FN5O5. The van der Waals surface area contributed by atoms with Gasteiger partial charge in [-0.1, -0.05) is 18.2 Å². The molecule has 10 nitrogen and oxygen atoms in total. The third kappa shape index (κ3) is 6.51. The van der Waals surface area contributed by atoms with Crippen molar-refractivity contribution in [2.75, 3.05) is 63.4 Å². The molecule has 4 heterocycles. The Morgan fingerprint density at radius 3 is 2.43 bits per heavy atom. The van der Waals surface area contributed by atoms with Crippen molar-refractivity contribution in [1.82, 2.24) is 14.9 Å². The summed E-state index contributed by atoms with van der Waals surface area (Å²) in [5, 5.41) is 9.48. The molecule has 0 spiro atoms. The predicted octanol–water partition coefficient (Wildman–Crippen LogP) is 4.48. The molecule has 0 bridgehead atoms. The molecule has 1 amide bonds. The Labute approximate surface area is 269 Å². The molecule has 1 aromatic heterocycles. The van der Waals surface area contributed by atoms with Crippen molar-refractivity contribution in [2.45, 2.75) is 44.1 Å². The first-order valence-corrected chi connectivity index (χ1v) is 16.0. The van der Waals surface area contributed by atoms with Crippen LogP contribution in [-0.4, -0.2) is 91.4 Å². The molecule has 3 saturated heterocycles. The number of nitrogens with zero attached hydrogens (tertiary/aromatic N) is 5. The van der Waals surface area contributed by atoms with E-state index in [0.29, 0.717) is 64.4 Å². The maximum atomic E-state index is 14.7. The molecule has 11 heteroatoms. The highest BCUT2D eigenvalue weighted by molar-refractivity contribution is 5.82. The van der Waals surface area contributed by atoms with Crippen molar-refractivity contribution in [3.63, 3.8) is 0 Å². The lowest BCUT2D eigenvalue weighted by molar-refractivity contribution is -0.142. The van der Waals surface area contributed by atoms with Crippen LogP contribution in [0.15, 0.2) is 54.7 Å². The van der Waals surface area contributed by atoms with Crippen LogP contribution >= 0.6 is 0 Å². The Balaban J connectivity index is 1.28. The second-order valence-electron chi connectivity index (χ2n) is 12.7. The number of carboxylic acids is 1. The summed E-state index contributed by atoms with van der Waals surface area (Å²) in [6.07, 6.45) is 3.48. The average Bonchev–Trinajstić information content (AvgIpc) is 3.70. The number of halogens is 1. The van der Waals surface area contributed by atoms with Crippen molar-refractivity contribution in [3.8, 4) is 5.75 Å². The number of hydrogen-bond acceptors (Lipinski definition) is 8. The van der Waals surface area contributed by atoms with E-state index in [1.54, 1.807) is 26.5 Å². The van der Waals surface area contributed by atoms with Crippen LogP contribution in [0.1, 0.15) is 48.0 Å². The van der Waals surface area contributed by atoms with Crippen molar-refractivity contribution in [1.29, 1.82) is 0 Å². The van der Waals surface area contributed by atoms with Gasteiger partial charge in [-0.25, -0.2) is 14.4 Å². The zero-order chi connectivity index (χ0) is 32.4. The maximum absolute atomic E-state index is 14.7. The number of piperidine rings is 1. The molecule has 3 aromatic rings. The quantitative estimate of drug-likeness (QED) is 0.366. The fourth-order valence-corrected chi connectivity index (χ4v) is 7.53. The van der Waals surface area contributed by atoms with Crippen molar-refractivity contribution in [3.05, 3.63) is 77.5 Å². The molecule has 3 fully saturated rings. The van der Waals surface area contributed by atoms with Gasteiger partial charge in [0.2, 0.25) is 5.91 Å². The Bertz CT molecular complexity index is 1550. The van der Waals surface area contributed by atoms with Gasteiger partial charge in [0.25, 0.3) is 0 Å². The predicted molar refractivity (Wildman–Crippen MR) is 172 cm³/mol. The van der Waals surface area contributed by atoms with Gasteiger partial charge in [-0.05, 0) is 67.6 Å². The second kappa shape index (κ2) is 13.6. The average molecular weight is 632 g/mol. The van der Waals surface area contributed by atoms with E-state index in [0.717, 1.165) is 28.4 Å². The standard InChI is InChI=1S/C35H42FN5O5/c1-22-37-13-10-33(38-22)40-19-30(23-4-7-28(46-3)8-5-23)31(20-40)34(42)41-18-25(16-27(41)21-45-2)29-9-6-26(36)17-32(29)39-14-11-24(12-15-39)35(43)44/h4-10,13,17,24-25,27,30-31H,11-12,14-16,18-21H2,1-3H3,(H,43,44)/t25-,27+,30+,31-/m1/s1. The van der Waals surface area contributed by atoms with Crippen molar-refractivity contribution < 1.29 is 28.6 Å². The lowest BCUT2D eigenvalue weighted by atomic mass is 9.87. The van der Waals surface area contributed by atoms with Gasteiger partial charge in [0.05, 0.1) is 31.6 Å². The number of benzene rings is 2. The summed E-state index contributed by atoms with van der Waals surface area (Å²) in [4.78, 5) is 41.4. The lowest BCUT2D eigenvalue weighted by Gasteiger charge is -2.34. The highest BCUT2D eigenvalue weighted by Crippen LogP contribution is 2.42. The first kappa shape index (κ1) is 31.7. The van der Waals surface area contributed by atoms with Gasteiger partial charge in [-0.15, -0.1) is 0 Å². The van der Waals surface area contributed by atoms with Gasteiger partial charge in [-0.2, -0.15) is 0 Å². The summed E-state index contributed by atoms with van der Waals surface area (Å²) in [6, 6.07) is 14.6. The number of aliphatic carboxylic acids is 1. The molecule has 3 aliphatic heterocycles. The van der Waals surface area contributed by atoms with Gasteiger partial charge in [0.1, 0.15) is 23.2 Å². The highest BCUT2D eigenvalue weighted by atomic mass is 19.1. The van der Waals surface area contributed by atoms with Crippen LogP contribution in [0.5, 0.6) is 5.75 Å². The smallest absolute Gasteiger partial charge is 0.306 e. The Morgan fingerprint density at radius 2 is 1.76 bits per heavy atom. The molecule has 0 radical (unpaired) electrons. The Hall–Kier alpha value is -4.25. The van der Waals surface area contributed by atoms with Crippen LogP contribution in [0.3, 0.4) is 0 Å². The molecule has 4 atom stereocenters. The number of rotatable bonds is 9. The number of aryl methyl sites for hydroxylation is 1. The summed E-state index contributed by atoms with van der Waals surface area (Å²) >= 11 is 0. The van der Waals surface area contributed by atoms with E-state index in [4.69, 9.17) is 9.47 Å². The summed E-state index contributed by atoms with van der Waals surface area (Å²) in [7, 11) is 3.29. The Kier molecular flexibility index (Phi) is 9.39. The first-order valence-electron chi connectivity index (χ1n) is 16.0. The maximum Gasteiger partial charge on any atom is 0.306 e. The second-order valence-corrected chi connectivity index (χ2v) is 12.7. The van der Waals surface area contributed by atoms with Crippen LogP contribution in [0.2, 0.25) is 0 Å². The molecule has 46 heavy (non-hydrogen) atoms. The summed E-state index contributed by atoms with van der Waals surface area (Å²) in [6.45, 7) is 5.02. The summed E-state index contributed by atoms with van der Waals surface area (Å²) in [5.74, 6) is 0.439. The van der Waals surface area contributed by atoms with Gasteiger partial charge in [-0.3, -0.25) is 9.59 Å². The molecule has 1 N–H and O–H groups in total. The van der Waals surface area contributed by atoms with E-state index in [-0.39, 0.29) is 41.4 Å². The van der Waals surface area contributed by atoms with Crippen molar-refractivity contribution in [2.24, 2.45) is 11.8 Å². The number of amides is 1. The lowest BCUT2D eigenvalue weighted by Crippen LogP contribution is -2.43. The number of carbonyl (C=O) groups is 2. The number of aromatic nitrogens is 2. The molecule has 244 valence electrons. The fraction of sp³-hybridized carbons (Fsp3) is 0.486. The molecule has 0 unspecified atom stereocenters. The number of carboxylic acid groups (broad SMARTS) is 1. The van der Waals surface area contributed by atoms with E-state index in [1.807, 2.05) is 48.2 Å². The molecule has 6 rings (SSSR count). The van der Waals surface area contributed by atoms with Gasteiger partial charge < -0.3 is 29.3 Å². The normalized spacial score (nSPS) is 23.6. The van der Waals surface area contributed by atoms with Gasteiger partial charge in [0.15, 0.2) is 0 Å². The van der Waals surface area contributed by atoms with E-state index in [1.165, 1.54) is 6.07 Å².